The average Bonchev–Trinajstić information content (AvgIpc) is 3.51. The minimum atomic E-state index is -0.480. The van der Waals surface area contributed by atoms with E-state index in [1.165, 1.54) is 24.7 Å². The van der Waals surface area contributed by atoms with Gasteiger partial charge < -0.3 is 19.5 Å². The van der Waals surface area contributed by atoms with Crippen molar-refractivity contribution in [3.8, 4) is 28.5 Å². The Kier molecular flexibility index (Phi) is 7.42. The highest BCUT2D eigenvalue weighted by Gasteiger charge is 2.17. The SMILES string of the molecule is CCCCOc1ccc(-c2cc3c4nn(CC(=O)Nc5cc(Cl)c(OC)cc5OC)c(=O)n4ccn3n2)cc1. The zero-order chi connectivity index (χ0) is 27.5. The molecule has 0 atom stereocenters. The van der Waals surface area contributed by atoms with Crippen molar-refractivity contribution in [3.63, 3.8) is 0 Å². The van der Waals surface area contributed by atoms with Crippen LogP contribution in [0.25, 0.3) is 22.4 Å². The van der Waals surface area contributed by atoms with Crippen LogP contribution in [0.3, 0.4) is 0 Å². The summed E-state index contributed by atoms with van der Waals surface area (Å²) in [7, 11) is 2.95. The topological polar surface area (TPSA) is 113 Å². The highest BCUT2D eigenvalue weighted by molar-refractivity contribution is 6.32. The molecule has 5 aromatic rings. The van der Waals surface area contributed by atoms with Gasteiger partial charge in [-0.1, -0.05) is 24.9 Å². The third kappa shape index (κ3) is 5.26. The number of aromatic nitrogens is 5. The highest BCUT2D eigenvalue weighted by atomic mass is 35.5. The summed E-state index contributed by atoms with van der Waals surface area (Å²) >= 11 is 6.20. The van der Waals surface area contributed by atoms with Gasteiger partial charge in [-0.15, -0.1) is 5.10 Å². The number of hydrogen-bond donors (Lipinski definition) is 1. The first kappa shape index (κ1) is 26.1. The molecule has 2 aromatic carbocycles. The van der Waals surface area contributed by atoms with E-state index in [0.717, 1.165) is 28.8 Å². The molecular formula is C27H27ClN6O5. The number of hydrogen-bond acceptors (Lipinski definition) is 7. The van der Waals surface area contributed by atoms with Crippen molar-refractivity contribution in [2.75, 3.05) is 26.1 Å². The van der Waals surface area contributed by atoms with Gasteiger partial charge in [0.15, 0.2) is 5.65 Å². The zero-order valence-corrected chi connectivity index (χ0v) is 22.4. The van der Waals surface area contributed by atoms with E-state index >= 15 is 0 Å². The van der Waals surface area contributed by atoms with Crippen molar-refractivity contribution in [2.45, 2.75) is 26.3 Å². The van der Waals surface area contributed by atoms with Gasteiger partial charge in [-0.3, -0.25) is 4.79 Å². The Morgan fingerprint density at radius 2 is 1.79 bits per heavy atom. The van der Waals surface area contributed by atoms with E-state index in [4.69, 9.17) is 25.8 Å². The van der Waals surface area contributed by atoms with Crippen LogP contribution in [-0.4, -0.2) is 50.5 Å². The van der Waals surface area contributed by atoms with Crippen molar-refractivity contribution in [2.24, 2.45) is 0 Å². The smallest absolute Gasteiger partial charge is 0.350 e. The summed E-state index contributed by atoms with van der Waals surface area (Å²) < 4.78 is 20.4. The lowest BCUT2D eigenvalue weighted by atomic mass is 10.1. The minimum absolute atomic E-state index is 0.302. The summed E-state index contributed by atoms with van der Waals surface area (Å²) in [5.74, 6) is 1.09. The van der Waals surface area contributed by atoms with Crippen molar-refractivity contribution in [1.82, 2.24) is 23.8 Å². The van der Waals surface area contributed by atoms with Gasteiger partial charge in [-0.25, -0.2) is 18.4 Å². The maximum atomic E-state index is 13.0. The van der Waals surface area contributed by atoms with Gasteiger partial charge in [0.1, 0.15) is 29.3 Å². The molecule has 1 amide bonds. The van der Waals surface area contributed by atoms with Gasteiger partial charge in [0.2, 0.25) is 5.91 Å². The fourth-order valence-electron chi connectivity index (χ4n) is 4.12. The van der Waals surface area contributed by atoms with Crippen LogP contribution in [0.2, 0.25) is 5.02 Å². The molecule has 0 aliphatic rings. The molecule has 0 spiro atoms. The first-order valence-corrected chi connectivity index (χ1v) is 12.7. The first-order valence-electron chi connectivity index (χ1n) is 12.3. The van der Waals surface area contributed by atoms with E-state index in [1.54, 1.807) is 23.0 Å². The molecule has 0 fully saturated rings. The van der Waals surface area contributed by atoms with Crippen LogP contribution in [0.4, 0.5) is 5.69 Å². The second-order valence-corrected chi connectivity index (χ2v) is 9.16. The number of halogens is 1. The third-order valence-corrected chi connectivity index (χ3v) is 6.45. The van der Waals surface area contributed by atoms with Crippen molar-refractivity contribution < 1.29 is 19.0 Å². The molecule has 3 heterocycles. The molecule has 0 aliphatic heterocycles. The normalized spacial score (nSPS) is 11.2. The minimum Gasteiger partial charge on any atom is -0.495 e. The summed E-state index contributed by atoms with van der Waals surface area (Å²) in [6.45, 7) is 2.48. The molecule has 0 aliphatic carbocycles. The summed E-state index contributed by atoms with van der Waals surface area (Å²) in [6.07, 6.45) is 5.32. The average molecular weight is 551 g/mol. The monoisotopic (exact) mass is 550 g/mol. The largest absolute Gasteiger partial charge is 0.495 e. The van der Waals surface area contributed by atoms with E-state index in [9.17, 15) is 9.59 Å². The molecular weight excluding hydrogens is 524 g/mol. The van der Waals surface area contributed by atoms with Crippen LogP contribution in [0.1, 0.15) is 19.8 Å². The third-order valence-electron chi connectivity index (χ3n) is 6.15. The van der Waals surface area contributed by atoms with Gasteiger partial charge in [-0.05, 0) is 42.8 Å². The molecule has 0 unspecified atom stereocenters. The number of unbranched alkanes of at least 4 members (excludes halogenated alkanes) is 1. The van der Waals surface area contributed by atoms with E-state index < -0.39 is 11.6 Å². The number of anilines is 1. The fourth-order valence-corrected chi connectivity index (χ4v) is 4.36. The van der Waals surface area contributed by atoms with Crippen LogP contribution >= 0.6 is 11.6 Å². The summed E-state index contributed by atoms with van der Waals surface area (Å²) in [5.41, 5.74) is 2.49. The summed E-state index contributed by atoms with van der Waals surface area (Å²) in [6, 6.07) is 12.6. The lowest BCUT2D eigenvalue weighted by Gasteiger charge is -2.12. The lowest BCUT2D eigenvalue weighted by Crippen LogP contribution is -2.28. The fraction of sp³-hybridized carbons (Fsp3) is 0.259. The molecule has 5 rings (SSSR count). The van der Waals surface area contributed by atoms with E-state index in [2.05, 4.69) is 22.4 Å². The second-order valence-electron chi connectivity index (χ2n) is 8.75. The Labute approximate surface area is 228 Å². The molecule has 39 heavy (non-hydrogen) atoms. The van der Waals surface area contributed by atoms with Gasteiger partial charge >= 0.3 is 5.69 Å². The number of ether oxygens (including phenoxy) is 3. The number of carbonyl (C=O) groups excluding carboxylic acids is 1. The molecule has 11 nitrogen and oxygen atoms in total. The Bertz CT molecular complexity index is 1710. The Morgan fingerprint density at radius 3 is 2.51 bits per heavy atom. The predicted octanol–water partition coefficient (Wildman–Crippen LogP) is 4.30. The number of rotatable bonds is 10. The Morgan fingerprint density at radius 1 is 1.03 bits per heavy atom. The number of fused-ring (bicyclic) bond motifs is 3. The molecule has 0 saturated heterocycles. The Hall–Kier alpha value is -4.51. The van der Waals surface area contributed by atoms with Gasteiger partial charge in [0.05, 0.1) is 37.2 Å². The van der Waals surface area contributed by atoms with Gasteiger partial charge in [-0.2, -0.15) is 5.10 Å². The Balaban J connectivity index is 1.39. The molecule has 3 aromatic heterocycles. The molecule has 1 N–H and O–H groups in total. The molecule has 0 saturated carbocycles. The standard InChI is InChI=1S/C27H27ClN6O5/c1-4-5-12-39-18-8-6-17(7-9-18)20-14-22-26-31-34(27(36)32(26)10-11-33(22)30-20)16-25(35)29-21-13-19(28)23(37-2)15-24(21)38-3/h6-11,13-15H,4-5,12,16H2,1-3H3,(H,29,35). The van der Waals surface area contributed by atoms with Crippen molar-refractivity contribution in [3.05, 3.63) is 70.4 Å². The number of nitrogens with one attached hydrogen (secondary N) is 1. The molecule has 0 radical (unpaired) electrons. The van der Waals surface area contributed by atoms with Gasteiger partial charge in [0.25, 0.3) is 0 Å². The van der Waals surface area contributed by atoms with Crippen molar-refractivity contribution >= 4 is 34.4 Å². The number of carbonyl (C=O) groups is 1. The quantitative estimate of drug-likeness (QED) is 0.258. The maximum Gasteiger partial charge on any atom is 0.350 e. The van der Waals surface area contributed by atoms with E-state index in [1.807, 2.05) is 30.3 Å². The molecule has 202 valence electrons. The van der Waals surface area contributed by atoms with Crippen LogP contribution in [0.5, 0.6) is 17.2 Å². The number of benzene rings is 2. The maximum absolute atomic E-state index is 13.0. The highest BCUT2D eigenvalue weighted by Crippen LogP contribution is 2.35. The van der Waals surface area contributed by atoms with E-state index in [-0.39, 0.29) is 6.54 Å². The number of amides is 1. The molecule has 12 heteroatoms. The van der Waals surface area contributed by atoms with Crippen LogP contribution < -0.4 is 25.2 Å². The van der Waals surface area contributed by atoms with Crippen molar-refractivity contribution in [1.29, 1.82) is 0 Å². The zero-order valence-electron chi connectivity index (χ0n) is 21.7. The summed E-state index contributed by atoms with van der Waals surface area (Å²) in [5, 5.41) is 12.1. The van der Waals surface area contributed by atoms with Crippen LogP contribution in [0.15, 0.2) is 59.7 Å². The first-order chi connectivity index (χ1) is 18.9. The number of methoxy groups -OCH3 is 2. The molecule has 0 bridgehead atoms. The number of nitrogens with zero attached hydrogens (tertiary/aromatic N) is 5. The van der Waals surface area contributed by atoms with Crippen LogP contribution in [0, 0.1) is 0 Å². The van der Waals surface area contributed by atoms with Gasteiger partial charge in [0, 0.05) is 24.0 Å². The second kappa shape index (κ2) is 11.1. The predicted molar refractivity (Wildman–Crippen MR) is 147 cm³/mol. The van der Waals surface area contributed by atoms with Crippen LogP contribution in [-0.2, 0) is 11.3 Å². The summed E-state index contributed by atoms with van der Waals surface area (Å²) in [4.78, 5) is 25.9. The van der Waals surface area contributed by atoms with E-state index in [0.29, 0.717) is 45.7 Å². The lowest BCUT2D eigenvalue weighted by molar-refractivity contribution is -0.117.